The average molecular weight is 298 g/mol. The standard InChI is InChI=1S/C14H17Cl2N3/c1-14(2,3)7-11-12(13(17)19-18-11)8-4-5-9(15)10(16)6-8/h4-6H,7H2,1-3H3,(H3,17,18,19). The van der Waals surface area contributed by atoms with Gasteiger partial charge in [-0.2, -0.15) is 5.10 Å². The molecule has 3 N–H and O–H groups in total. The number of aromatic nitrogens is 2. The van der Waals surface area contributed by atoms with Crippen molar-refractivity contribution in [2.75, 3.05) is 5.73 Å². The lowest BCUT2D eigenvalue weighted by atomic mass is 9.88. The molecule has 0 amide bonds. The highest BCUT2D eigenvalue weighted by molar-refractivity contribution is 6.42. The third kappa shape index (κ3) is 3.23. The van der Waals surface area contributed by atoms with E-state index in [2.05, 4.69) is 31.0 Å². The zero-order valence-electron chi connectivity index (χ0n) is 11.2. The number of anilines is 1. The maximum absolute atomic E-state index is 6.07. The van der Waals surface area contributed by atoms with E-state index in [-0.39, 0.29) is 5.41 Å². The predicted molar refractivity (Wildman–Crippen MR) is 81.6 cm³/mol. The summed E-state index contributed by atoms with van der Waals surface area (Å²) in [6.07, 6.45) is 0.854. The molecule has 0 radical (unpaired) electrons. The quantitative estimate of drug-likeness (QED) is 0.854. The van der Waals surface area contributed by atoms with Crippen LogP contribution in [0.3, 0.4) is 0 Å². The van der Waals surface area contributed by atoms with Gasteiger partial charge in [-0.25, -0.2) is 0 Å². The molecule has 0 spiro atoms. The van der Waals surface area contributed by atoms with E-state index in [4.69, 9.17) is 28.9 Å². The third-order valence-corrected chi connectivity index (χ3v) is 3.52. The fourth-order valence-electron chi connectivity index (χ4n) is 2.03. The number of rotatable bonds is 2. The number of nitrogens with two attached hydrogens (primary N) is 1. The van der Waals surface area contributed by atoms with Gasteiger partial charge in [0.2, 0.25) is 0 Å². The molecule has 0 aliphatic heterocycles. The van der Waals surface area contributed by atoms with Gasteiger partial charge in [-0.3, -0.25) is 5.10 Å². The second-order valence-corrected chi connectivity index (χ2v) is 6.64. The number of nitrogens with one attached hydrogen (secondary N) is 1. The van der Waals surface area contributed by atoms with Gasteiger partial charge in [-0.1, -0.05) is 50.0 Å². The van der Waals surface area contributed by atoms with Crippen molar-refractivity contribution in [1.82, 2.24) is 10.2 Å². The summed E-state index contributed by atoms with van der Waals surface area (Å²) < 4.78 is 0. The molecule has 1 aromatic heterocycles. The van der Waals surface area contributed by atoms with Crippen molar-refractivity contribution >= 4 is 29.0 Å². The SMILES string of the molecule is CC(C)(C)Cc1[nH]nc(N)c1-c1ccc(Cl)c(Cl)c1. The molecule has 19 heavy (non-hydrogen) atoms. The summed E-state index contributed by atoms with van der Waals surface area (Å²) in [6.45, 7) is 6.51. The molecule has 1 aromatic carbocycles. The first kappa shape index (κ1) is 14.2. The summed E-state index contributed by atoms with van der Waals surface area (Å²) in [5.74, 6) is 0.484. The first-order valence-electron chi connectivity index (χ1n) is 6.06. The second kappa shape index (κ2) is 5.06. The summed E-state index contributed by atoms with van der Waals surface area (Å²) in [6, 6.07) is 5.49. The smallest absolute Gasteiger partial charge is 0.153 e. The molecule has 0 atom stereocenters. The van der Waals surface area contributed by atoms with Crippen LogP contribution >= 0.6 is 23.2 Å². The Morgan fingerprint density at radius 1 is 1.21 bits per heavy atom. The Hall–Kier alpha value is -1.19. The molecule has 3 nitrogen and oxygen atoms in total. The molecule has 1 heterocycles. The van der Waals surface area contributed by atoms with Crippen molar-refractivity contribution in [3.05, 3.63) is 33.9 Å². The van der Waals surface area contributed by atoms with Gasteiger partial charge in [-0.05, 0) is 29.5 Å². The highest BCUT2D eigenvalue weighted by atomic mass is 35.5. The minimum Gasteiger partial charge on any atom is -0.382 e. The van der Waals surface area contributed by atoms with Crippen LogP contribution in [-0.2, 0) is 6.42 Å². The topological polar surface area (TPSA) is 54.7 Å². The van der Waals surface area contributed by atoms with E-state index in [1.165, 1.54) is 0 Å². The van der Waals surface area contributed by atoms with Crippen molar-refractivity contribution in [3.63, 3.8) is 0 Å². The first-order valence-corrected chi connectivity index (χ1v) is 6.81. The number of nitrogens with zero attached hydrogens (tertiary/aromatic N) is 1. The predicted octanol–water partition coefficient (Wildman–Crippen LogP) is 4.55. The molecule has 0 aliphatic rings. The van der Waals surface area contributed by atoms with E-state index in [0.717, 1.165) is 23.2 Å². The largest absolute Gasteiger partial charge is 0.382 e. The minimum absolute atomic E-state index is 0.143. The Kier molecular flexibility index (Phi) is 3.79. The second-order valence-electron chi connectivity index (χ2n) is 5.83. The molecule has 0 bridgehead atoms. The van der Waals surface area contributed by atoms with Gasteiger partial charge >= 0.3 is 0 Å². The van der Waals surface area contributed by atoms with Gasteiger partial charge in [0.05, 0.1) is 10.0 Å². The minimum atomic E-state index is 0.143. The number of H-pyrrole nitrogens is 1. The monoisotopic (exact) mass is 297 g/mol. The Morgan fingerprint density at radius 2 is 1.89 bits per heavy atom. The number of aromatic amines is 1. The van der Waals surface area contributed by atoms with Crippen molar-refractivity contribution in [2.24, 2.45) is 5.41 Å². The fraction of sp³-hybridized carbons (Fsp3) is 0.357. The van der Waals surface area contributed by atoms with E-state index >= 15 is 0 Å². The van der Waals surface area contributed by atoms with Crippen LogP contribution in [0.4, 0.5) is 5.82 Å². The lowest BCUT2D eigenvalue weighted by Gasteiger charge is -2.18. The molecule has 0 aliphatic carbocycles. The van der Waals surface area contributed by atoms with E-state index < -0.39 is 0 Å². The van der Waals surface area contributed by atoms with Crippen LogP contribution in [0.5, 0.6) is 0 Å². The fourth-order valence-corrected chi connectivity index (χ4v) is 2.32. The molecular weight excluding hydrogens is 281 g/mol. The molecule has 102 valence electrons. The maximum atomic E-state index is 6.07. The number of benzene rings is 1. The highest BCUT2D eigenvalue weighted by Gasteiger charge is 2.19. The summed E-state index contributed by atoms with van der Waals surface area (Å²) >= 11 is 12.0. The highest BCUT2D eigenvalue weighted by Crippen LogP contribution is 2.35. The normalized spacial score (nSPS) is 11.8. The molecule has 0 fully saturated rings. The van der Waals surface area contributed by atoms with Crippen LogP contribution in [0.15, 0.2) is 18.2 Å². The molecule has 2 rings (SSSR count). The van der Waals surface area contributed by atoms with Gasteiger partial charge in [0.1, 0.15) is 0 Å². The summed E-state index contributed by atoms with van der Waals surface area (Å²) in [5.41, 5.74) is 8.96. The van der Waals surface area contributed by atoms with Crippen LogP contribution in [0, 0.1) is 5.41 Å². The lowest BCUT2D eigenvalue weighted by Crippen LogP contribution is -2.10. The van der Waals surface area contributed by atoms with Gasteiger partial charge in [0.15, 0.2) is 5.82 Å². The van der Waals surface area contributed by atoms with Crippen LogP contribution in [0.25, 0.3) is 11.1 Å². The van der Waals surface area contributed by atoms with Crippen LogP contribution in [0.1, 0.15) is 26.5 Å². The summed E-state index contributed by atoms with van der Waals surface area (Å²) in [7, 11) is 0. The molecular formula is C14H17Cl2N3. The molecule has 0 unspecified atom stereocenters. The number of hydrogen-bond acceptors (Lipinski definition) is 2. The number of hydrogen-bond donors (Lipinski definition) is 2. The Morgan fingerprint density at radius 3 is 2.47 bits per heavy atom. The van der Waals surface area contributed by atoms with E-state index in [9.17, 15) is 0 Å². The van der Waals surface area contributed by atoms with Crippen LogP contribution in [0.2, 0.25) is 10.0 Å². The molecule has 2 aromatic rings. The number of nitrogen functional groups attached to an aromatic ring is 1. The lowest BCUT2D eigenvalue weighted by molar-refractivity contribution is 0.406. The summed E-state index contributed by atoms with van der Waals surface area (Å²) in [5, 5.41) is 8.17. The van der Waals surface area contributed by atoms with Crippen molar-refractivity contribution in [3.8, 4) is 11.1 Å². The van der Waals surface area contributed by atoms with E-state index in [0.29, 0.717) is 15.9 Å². The first-order chi connectivity index (χ1) is 8.78. The van der Waals surface area contributed by atoms with Crippen molar-refractivity contribution in [2.45, 2.75) is 27.2 Å². The third-order valence-electron chi connectivity index (χ3n) is 2.78. The van der Waals surface area contributed by atoms with Crippen LogP contribution in [-0.4, -0.2) is 10.2 Å². The molecule has 0 saturated carbocycles. The Balaban J connectivity index is 2.49. The number of halogens is 2. The Labute approximate surface area is 123 Å². The van der Waals surface area contributed by atoms with E-state index in [1.54, 1.807) is 6.07 Å². The maximum Gasteiger partial charge on any atom is 0.153 e. The van der Waals surface area contributed by atoms with Gasteiger partial charge < -0.3 is 5.73 Å². The zero-order chi connectivity index (χ0) is 14.2. The Bertz CT molecular complexity index is 597. The summed E-state index contributed by atoms with van der Waals surface area (Å²) in [4.78, 5) is 0. The van der Waals surface area contributed by atoms with E-state index in [1.807, 2.05) is 12.1 Å². The van der Waals surface area contributed by atoms with Crippen molar-refractivity contribution < 1.29 is 0 Å². The zero-order valence-corrected chi connectivity index (χ0v) is 12.7. The molecule has 0 saturated heterocycles. The van der Waals surface area contributed by atoms with Gasteiger partial charge in [-0.15, -0.1) is 0 Å². The molecule has 5 heteroatoms. The van der Waals surface area contributed by atoms with Gasteiger partial charge in [0, 0.05) is 11.3 Å². The van der Waals surface area contributed by atoms with Crippen LogP contribution < -0.4 is 5.73 Å². The average Bonchev–Trinajstić information content (AvgIpc) is 2.62. The van der Waals surface area contributed by atoms with Crippen molar-refractivity contribution in [1.29, 1.82) is 0 Å². The van der Waals surface area contributed by atoms with Gasteiger partial charge in [0.25, 0.3) is 0 Å².